The molecule has 0 amide bonds. The Labute approximate surface area is 99.5 Å². The molecule has 0 spiro atoms. The molecule has 1 saturated heterocycles. The molecular formula is C9H16O5S2. The van der Waals surface area contributed by atoms with Gasteiger partial charge in [-0.1, -0.05) is 6.92 Å². The van der Waals surface area contributed by atoms with Crippen molar-refractivity contribution in [3.05, 3.63) is 0 Å². The van der Waals surface area contributed by atoms with Crippen LogP contribution in [0, 0.1) is 5.92 Å². The number of aliphatic hydroxyl groups excluding tert-OH is 1. The van der Waals surface area contributed by atoms with Gasteiger partial charge in [-0.2, -0.15) is 11.8 Å². The maximum absolute atomic E-state index is 11.2. The second kappa shape index (κ2) is 5.37. The molecule has 1 aliphatic heterocycles. The number of hydrogen-bond donors (Lipinski definition) is 1. The van der Waals surface area contributed by atoms with Crippen molar-refractivity contribution in [3.8, 4) is 0 Å². The third-order valence-electron chi connectivity index (χ3n) is 2.44. The van der Waals surface area contributed by atoms with Crippen molar-refractivity contribution in [2.24, 2.45) is 5.92 Å². The van der Waals surface area contributed by atoms with Gasteiger partial charge >= 0.3 is 5.97 Å². The SMILES string of the molecule is COC(=O)C(C)CSC1CS(=O)(=O)CC1O. The molecule has 7 heteroatoms. The number of rotatable bonds is 4. The number of carbonyl (C=O) groups is 1. The average molecular weight is 268 g/mol. The number of carbonyl (C=O) groups excluding carboxylic acids is 1. The van der Waals surface area contributed by atoms with E-state index in [2.05, 4.69) is 4.74 Å². The van der Waals surface area contributed by atoms with E-state index in [0.29, 0.717) is 5.75 Å². The van der Waals surface area contributed by atoms with Gasteiger partial charge in [0, 0.05) is 11.0 Å². The van der Waals surface area contributed by atoms with E-state index in [4.69, 9.17) is 0 Å². The van der Waals surface area contributed by atoms with Crippen LogP contribution in [0.2, 0.25) is 0 Å². The van der Waals surface area contributed by atoms with Crippen LogP contribution >= 0.6 is 11.8 Å². The zero-order chi connectivity index (χ0) is 12.3. The van der Waals surface area contributed by atoms with Gasteiger partial charge in [-0.05, 0) is 0 Å². The van der Waals surface area contributed by atoms with E-state index < -0.39 is 15.9 Å². The van der Waals surface area contributed by atoms with Gasteiger partial charge < -0.3 is 9.84 Å². The fourth-order valence-electron chi connectivity index (χ4n) is 1.49. The summed E-state index contributed by atoms with van der Waals surface area (Å²) >= 11 is 1.32. The fourth-order valence-corrected chi connectivity index (χ4v) is 5.22. The van der Waals surface area contributed by atoms with Gasteiger partial charge in [0.2, 0.25) is 0 Å². The van der Waals surface area contributed by atoms with Crippen molar-refractivity contribution in [3.63, 3.8) is 0 Å². The molecule has 0 saturated carbocycles. The molecule has 5 nitrogen and oxygen atoms in total. The van der Waals surface area contributed by atoms with Crippen LogP contribution in [0.4, 0.5) is 0 Å². The number of sulfone groups is 1. The highest BCUT2D eigenvalue weighted by molar-refractivity contribution is 8.01. The average Bonchev–Trinajstić information content (AvgIpc) is 2.47. The lowest BCUT2D eigenvalue weighted by Gasteiger charge is -2.14. The minimum atomic E-state index is -3.11. The summed E-state index contributed by atoms with van der Waals surface area (Å²) in [6.45, 7) is 1.72. The van der Waals surface area contributed by atoms with Crippen LogP contribution in [-0.4, -0.2) is 55.2 Å². The first-order chi connectivity index (χ1) is 7.35. The summed E-state index contributed by atoms with van der Waals surface area (Å²) in [5.74, 6) is -0.318. The Bertz CT molecular complexity index is 351. The van der Waals surface area contributed by atoms with Crippen molar-refractivity contribution in [1.29, 1.82) is 0 Å². The maximum Gasteiger partial charge on any atom is 0.309 e. The molecule has 1 rings (SSSR count). The van der Waals surface area contributed by atoms with Crippen LogP contribution < -0.4 is 0 Å². The Morgan fingerprint density at radius 1 is 1.56 bits per heavy atom. The lowest BCUT2D eigenvalue weighted by molar-refractivity contribution is -0.144. The summed E-state index contributed by atoms with van der Waals surface area (Å²) < 4.78 is 27.0. The molecule has 0 radical (unpaired) electrons. The zero-order valence-electron chi connectivity index (χ0n) is 9.25. The topological polar surface area (TPSA) is 80.7 Å². The van der Waals surface area contributed by atoms with Gasteiger partial charge in [0.15, 0.2) is 9.84 Å². The molecule has 1 N–H and O–H groups in total. The Hall–Kier alpha value is -0.270. The highest BCUT2D eigenvalue weighted by atomic mass is 32.2. The molecule has 1 heterocycles. The molecule has 0 aromatic carbocycles. The van der Waals surface area contributed by atoms with Gasteiger partial charge in [0.25, 0.3) is 0 Å². The molecule has 94 valence electrons. The second-order valence-electron chi connectivity index (χ2n) is 3.94. The summed E-state index contributed by atoms with van der Waals surface area (Å²) in [7, 11) is -1.79. The van der Waals surface area contributed by atoms with Gasteiger partial charge in [-0.25, -0.2) is 8.42 Å². The van der Waals surface area contributed by atoms with E-state index in [1.165, 1.54) is 18.9 Å². The van der Waals surface area contributed by atoms with Crippen molar-refractivity contribution >= 4 is 27.6 Å². The van der Waals surface area contributed by atoms with Crippen LogP contribution in [0.3, 0.4) is 0 Å². The maximum atomic E-state index is 11.2. The van der Waals surface area contributed by atoms with E-state index in [1.54, 1.807) is 6.92 Å². The Balaban J connectivity index is 2.42. The van der Waals surface area contributed by atoms with Gasteiger partial charge in [-0.15, -0.1) is 0 Å². The minimum absolute atomic E-state index is 0.00722. The highest BCUT2D eigenvalue weighted by Crippen LogP contribution is 2.26. The largest absolute Gasteiger partial charge is 0.469 e. The van der Waals surface area contributed by atoms with Crippen LogP contribution in [-0.2, 0) is 19.4 Å². The molecule has 3 unspecified atom stereocenters. The lowest BCUT2D eigenvalue weighted by Crippen LogP contribution is -2.23. The zero-order valence-corrected chi connectivity index (χ0v) is 10.9. The normalized spacial score (nSPS) is 29.9. The van der Waals surface area contributed by atoms with Gasteiger partial charge in [0.1, 0.15) is 0 Å². The van der Waals surface area contributed by atoms with Gasteiger partial charge in [-0.3, -0.25) is 4.79 Å². The van der Waals surface area contributed by atoms with Crippen molar-refractivity contribution in [1.82, 2.24) is 0 Å². The molecule has 0 bridgehead atoms. The van der Waals surface area contributed by atoms with Crippen LogP contribution in [0.5, 0.6) is 0 Å². The number of aliphatic hydroxyl groups is 1. The lowest BCUT2D eigenvalue weighted by atomic mass is 10.2. The summed E-state index contributed by atoms with van der Waals surface area (Å²) in [5.41, 5.74) is 0. The second-order valence-corrected chi connectivity index (χ2v) is 7.37. The van der Waals surface area contributed by atoms with Crippen molar-refractivity contribution in [2.75, 3.05) is 24.4 Å². The van der Waals surface area contributed by atoms with E-state index in [0.717, 1.165) is 0 Å². The van der Waals surface area contributed by atoms with Gasteiger partial charge in [0.05, 0.1) is 30.6 Å². The molecule has 3 atom stereocenters. The summed E-state index contributed by atoms with van der Waals surface area (Å²) in [6.07, 6.45) is -0.820. The Morgan fingerprint density at radius 2 is 2.19 bits per heavy atom. The first kappa shape index (κ1) is 13.8. The Morgan fingerprint density at radius 3 is 2.62 bits per heavy atom. The summed E-state index contributed by atoms with van der Waals surface area (Å²) in [4.78, 5) is 11.1. The van der Waals surface area contributed by atoms with E-state index >= 15 is 0 Å². The third-order valence-corrected chi connectivity index (χ3v) is 5.96. The van der Waals surface area contributed by atoms with E-state index in [9.17, 15) is 18.3 Å². The molecule has 1 aliphatic rings. The smallest absolute Gasteiger partial charge is 0.309 e. The van der Waals surface area contributed by atoms with Crippen LogP contribution in [0.15, 0.2) is 0 Å². The first-order valence-electron chi connectivity index (χ1n) is 4.93. The molecule has 0 aromatic heterocycles. The standard InChI is InChI=1S/C9H16O5S2/c1-6(9(11)14-2)3-15-8-5-16(12,13)4-7(8)10/h6-8,10H,3-5H2,1-2H3. The fraction of sp³-hybridized carbons (Fsp3) is 0.889. The monoisotopic (exact) mass is 268 g/mol. The van der Waals surface area contributed by atoms with Crippen LogP contribution in [0.25, 0.3) is 0 Å². The van der Waals surface area contributed by atoms with Crippen molar-refractivity contribution in [2.45, 2.75) is 18.3 Å². The number of methoxy groups -OCH3 is 1. The van der Waals surface area contributed by atoms with E-state index in [-0.39, 0.29) is 28.6 Å². The van der Waals surface area contributed by atoms with Crippen molar-refractivity contribution < 1.29 is 23.1 Å². The number of esters is 1. The number of thioether (sulfide) groups is 1. The number of hydrogen-bond acceptors (Lipinski definition) is 6. The summed E-state index contributed by atoms with van der Waals surface area (Å²) in [5, 5.41) is 9.19. The first-order valence-corrected chi connectivity index (χ1v) is 7.80. The number of ether oxygens (including phenoxy) is 1. The quantitative estimate of drug-likeness (QED) is 0.704. The molecule has 1 fully saturated rings. The molecule has 0 aromatic rings. The van der Waals surface area contributed by atoms with E-state index in [1.807, 2.05) is 0 Å². The third kappa shape index (κ3) is 3.64. The minimum Gasteiger partial charge on any atom is -0.469 e. The van der Waals surface area contributed by atoms with Crippen LogP contribution in [0.1, 0.15) is 6.92 Å². The Kier molecular flexibility index (Phi) is 4.63. The predicted octanol–water partition coefficient (Wildman–Crippen LogP) is -0.313. The molecule has 0 aliphatic carbocycles. The summed E-state index contributed by atoms with van der Waals surface area (Å²) in [6, 6.07) is 0. The highest BCUT2D eigenvalue weighted by Gasteiger charge is 2.37. The molecule has 16 heavy (non-hydrogen) atoms. The predicted molar refractivity (Wildman–Crippen MR) is 62.1 cm³/mol. The molecular weight excluding hydrogens is 252 g/mol.